The Bertz CT molecular complexity index is 1610. The van der Waals surface area contributed by atoms with Gasteiger partial charge in [0.15, 0.2) is 12.0 Å². The van der Waals surface area contributed by atoms with Crippen LogP contribution < -0.4 is 20.1 Å². The largest absolute Gasteiger partial charge is 0.461 e. The summed E-state index contributed by atoms with van der Waals surface area (Å²) in [5.41, 5.74) is 0.716. The summed E-state index contributed by atoms with van der Waals surface area (Å²) in [7, 11) is 0. The van der Waals surface area contributed by atoms with Gasteiger partial charge in [0.05, 0.1) is 12.1 Å². The van der Waals surface area contributed by atoms with Crippen molar-refractivity contribution in [2.24, 2.45) is 0 Å². The number of hydrogen-bond donors (Lipinski definition) is 2. The second-order valence-electron chi connectivity index (χ2n) is 11.3. The number of rotatable bonds is 9. The van der Waals surface area contributed by atoms with E-state index in [1.54, 1.807) is 24.3 Å². The molecular formula is C33H40F2N6O2. The molecule has 0 bridgehead atoms. The maximum Gasteiger partial charge on any atom is 0.319 e. The van der Waals surface area contributed by atoms with Crippen LogP contribution in [0.1, 0.15) is 59.3 Å². The summed E-state index contributed by atoms with van der Waals surface area (Å²) in [6, 6.07) is 9.93. The number of ether oxygens (including phenoxy) is 2. The number of unbranched alkanes of at least 4 members (excludes halogenated alkanes) is 1. The molecule has 4 aromatic rings. The highest BCUT2D eigenvalue weighted by molar-refractivity contribution is 6.01. The molecule has 7 rings (SSSR count). The summed E-state index contributed by atoms with van der Waals surface area (Å²) in [5, 5.41) is 8.43. The molecule has 3 aliphatic rings. The number of benzene rings is 2. The second-order valence-corrected chi connectivity index (χ2v) is 11.3. The van der Waals surface area contributed by atoms with Gasteiger partial charge in [-0.25, -0.2) is 13.8 Å². The van der Waals surface area contributed by atoms with Gasteiger partial charge in [0.25, 0.3) is 0 Å². The van der Waals surface area contributed by atoms with E-state index < -0.39 is 12.0 Å². The predicted octanol–water partition coefficient (Wildman–Crippen LogP) is 6.68. The molecule has 0 aliphatic carbocycles. The molecule has 0 radical (unpaired) electrons. The van der Waals surface area contributed by atoms with Crippen LogP contribution in [0.25, 0.3) is 32.9 Å². The molecule has 0 amide bonds. The van der Waals surface area contributed by atoms with Crippen molar-refractivity contribution in [3.8, 4) is 23.1 Å². The molecule has 2 aromatic heterocycles. The Labute approximate surface area is 251 Å². The normalized spacial score (nSPS) is 18.6. The van der Waals surface area contributed by atoms with Crippen molar-refractivity contribution < 1.29 is 18.3 Å². The van der Waals surface area contributed by atoms with E-state index in [2.05, 4.69) is 37.4 Å². The molecule has 5 heterocycles. The van der Waals surface area contributed by atoms with Crippen molar-refractivity contribution in [2.75, 3.05) is 38.1 Å². The zero-order chi connectivity index (χ0) is 30.0. The Morgan fingerprint density at radius 1 is 1.09 bits per heavy atom. The first-order valence-corrected chi connectivity index (χ1v) is 15.7. The molecule has 10 heteroatoms. The van der Waals surface area contributed by atoms with E-state index in [0.717, 1.165) is 58.2 Å². The smallest absolute Gasteiger partial charge is 0.319 e. The van der Waals surface area contributed by atoms with Gasteiger partial charge in [-0.1, -0.05) is 51.5 Å². The fraction of sp³-hybridized carbons (Fsp3) is 0.485. The van der Waals surface area contributed by atoms with E-state index in [4.69, 9.17) is 9.47 Å². The average molecular weight is 591 g/mol. The van der Waals surface area contributed by atoms with Gasteiger partial charge in [-0.3, -0.25) is 4.90 Å². The van der Waals surface area contributed by atoms with Gasteiger partial charge in [-0.2, -0.15) is 9.97 Å². The van der Waals surface area contributed by atoms with Crippen LogP contribution in [0.3, 0.4) is 0 Å². The Hall–Kier alpha value is -3.63. The minimum Gasteiger partial charge on any atom is -0.461 e. The minimum absolute atomic E-state index is 0.00313. The number of hydrogen-bond acceptors (Lipinski definition) is 8. The van der Waals surface area contributed by atoms with Gasteiger partial charge in [-0.05, 0) is 74.6 Å². The molecule has 2 N–H and O–H groups in total. The standard InChI is InChI=1S/C31H34F2N6O2.C2H6/c1-2-3-13-34-17-23-35-28-24-27(37-30(38-28)40-18-31-11-5-14-39(31)15-6-12-31)25(33)26(36-29(24)41-23)22-8-4-7-19-16-20(32)9-10-21(19)22;1-2/h4,7-10,16,23,34H,2-3,5-6,11-15,17-18H2,1H3,(H,35,37,38);1-2H3. The lowest BCUT2D eigenvalue weighted by Crippen LogP contribution is -2.43. The molecule has 2 aromatic carbocycles. The summed E-state index contributed by atoms with van der Waals surface area (Å²) in [6.45, 7) is 10.1. The van der Waals surface area contributed by atoms with E-state index in [0.29, 0.717) is 40.7 Å². The summed E-state index contributed by atoms with van der Waals surface area (Å²) < 4.78 is 42.9. The highest BCUT2D eigenvalue weighted by Crippen LogP contribution is 2.42. The number of halogens is 2. The minimum atomic E-state index is -0.597. The third-order valence-electron chi connectivity index (χ3n) is 8.70. The molecular weight excluding hydrogens is 550 g/mol. The summed E-state index contributed by atoms with van der Waals surface area (Å²) >= 11 is 0. The molecule has 43 heavy (non-hydrogen) atoms. The number of aromatic nitrogens is 3. The lowest BCUT2D eigenvalue weighted by Gasteiger charge is -2.31. The molecule has 1 unspecified atom stereocenters. The van der Waals surface area contributed by atoms with Crippen molar-refractivity contribution in [3.05, 3.63) is 48.0 Å². The first kappa shape index (κ1) is 29.4. The summed E-state index contributed by atoms with van der Waals surface area (Å²) in [5.74, 6) is -0.250. The molecule has 8 nitrogen and oxygen atoms in total. The van der Waals surface area contributed by atoms with Crippen LogP contribution in [-0.2, 0) is 0 Å². The van der Waals surface area contributed by atoms with E-state index in [-0.39, 0.29) is 34.5 Å². The van der Waals surface area contributed by atoms with Gasteiger partial charge in [-0.15, -0.1) is 0 Å². The van der Waals surface area contributed by atoms with Crippen molar-refractivity contribution >= 4 is 27.5 Å². The average Bonchev–Trinajstić information content (AvgIpc) is 3.61. The maximum absolute atomic E-state index is 16.4. The summed E-state index contributed by atoms with van der Waals surface area (Å²) in [6.07, 6.45) is 6.14. The van der Waals surface area contributed by atoms with E-state index in [1.165, 1.54) is 12.1 Å². The Morgan fingerprint density at radius 2 is 1.91 bits per heavy atom. The zero-order valence-corrected chi connectivity index (χ0v) is 25.2. The SMILES string of the molecule is CC.CCCCNCC1Nc2nc(OCC34CCCN3CCC4)nc3c(F)c(-c4cccc5cc(F)ccc45)nc(c23)O1. The predicted molar refractivity (Wildman–Crippen MR) is 166 cm³/mol. The molecule has 2 fully saturated rings. The number of nitrogens with one attached hydrogen (secondary N) is 2. The molecule has 0 spiro atoms. The molecule has 228 valence electrons. The molecule has 3 aliphatic heterocycles. The first-order chi connectivity index (χ1) is 21.0. The van der Waals surface area contributed by atoms with Gasteiger partial charge in [0.1, 0.15) is 34.8 Å². The number of fused-ring (bicyclic) bond motifs is 2. The lowest BCUT2D eigenvalue weighted by atomic mass is 9.95. The van der Waals surface area contributed by atoms with E-state index >= 15 is 4.39 Å². The fourth-order valence-corrected chi connectivity index (χ4v) is 6.62. The summed E-state index contributed by atoms with van der Waals surface area (Å²) in [4.78, 5) is 16.4. The van der Waals surface area contributed by atoms with Gasteiger partial charge in [0, 0.05) is 5.56 Å². The molecule has 1 atom stereocenters. The van der Waals surface area contributed by atoms with Crippen LogP contribution >= 0.6 is 0 Å². The van der Waals surface area contributed by atoms with Crippen LogP contribution in [0.15, 0.2) is 36.4 Å². The topological polar surface area (TPSA) is 84.4 Å². The quantitative estimate of drug-likeness (QED) is 0.209. The van der Waals surface area contributed by atoms with E-state index in [1.807, 2.05) is 13.8 Å². The van der Waals surface area contributed by atoms with Crippen LogP contribution in [0.4, 0.5) is 14.6 Å². The van der Waals surface area contributed by atoms with Crippen molar-refractivity contribution in [3.63, 3.8) is 0 Å². The van der Waals surface area contributed by atoms with Crippen molar-refractivity contribution in [1.82, 2.24) is 25.2 Å². The molecule has 2 saturated heterocycles. The number of anilines is 1. The molecule has 0 saturated carbocycles. The Morgan fingerprint density at radius 3 is 2.70 bits per heavy atom. The third-order valence-corrected chi connectivity index (χ3v) is 8.70. The maximum atomic E-state index is 16.4. The number of nitrogens with zero attached hydrogens (tertiary/aromatic N) is 4. The van der Waals surface area contributed by atoms with Crippen LogP contribution in [0, 0.1) is 11.6 Å². The van der Waals surface area contributed by atoms with Gasteiger partial charge in [0.2, 0.25) is 5.88 Å². The number of pyridine rings is 1. The highest BCUT2D eigenvalue weighted by atomic mass is 19.1. The highest BCUT2D eigenvalue weighted by Gasteiger charge is 2.45. The Balaban J connectivity index is 0.00000161. The van der Waals surface area contributed by atoms with Crippen molar-refractivity contribution in [2.45, 2.75) is 71.1 Å². The second kappa shape index (κ2) is 12.5. The van der Waals surface area contributed by atoms with E-state index in [9.17, 15) is 4.39 Å². The Kier molecular flexibility index (Phi) is 8.59. The van der Waals surface area contributed by atoms with Crippen LogP contribution in [-0.4, -0.2) is 64.4 Å². The third kappa shape index (κ3) is 5.58. The first-order valence-electron chi connectivity index (χ1n) is 15.7. The van der Waals surface area contributed by atoms with Crippen LogP contribution in [0.2, 0.25) is 0 Å². The lowest BCUT2D eigenvalue weighted by molar-refractivity contribution is 0.107. The monoisotopic (exact) mass is 590 g/mol. The van der Waals surface area contributed by atoms with Crippen molar-refractivity contribution in [1.29, 1.82) is 0 Å². The van der Waals surface area contributed by atoms with Crippen LogP contribution in [0.5, 0.6) is 11.9 Å². The fourth-order valence-electron chi connectivity index (χ4n) is 6.62. The van der Waals surface area contributed by atoms with Gasteiger partial charge >= 0.3 is 6.01 Å². The zero-order valence-electron chi connectivity index (χ0n) is 25.2. The van der Waals surface area contributed by atoms with Gasteiger partial charge < -0.3 is 20.1 Å².